The van der Waals surface area contributed by atoms with Crippen LogP contribution in [0.25, 0.3) is 0 Å². The van der Waals surface area contributed by atoms with E-state index in [-0.39, 0.29) is 10.9 Å². The maximum Gasteiger partial charge on any atom is 0.246 e. The molecule has 0 aromatic heterocycles. The second-order valence-electron chi connectivity index (χ2n) is 4.88. The molecule has 2 aromatic carbocycles. The topological polar surface area (TPSA) is 41.1 Å². The Hall–Kier alpha value is -2.07. The van der Waals surface area contributed by atoms with Gasteiger partial charge in [0.1, 0.15) is 11.9 Å². The maximum absolute atomic E-state index is 13.2. The minimum Gasteiger partial charge on any atom is -0.374 e. The minimum atomic E-state index is -0.524. The van der Waals surface area contributed by atoms with Gasteiger partial charge in [-0.05, 0) is 44.2 Å². The first kappa shape index (κ1) is 15.3. The molecule has 2 N–H and O–H groups in total. The number of nitrogens with one attached hydrogen (secondary N) is 2. The molecule has 0 heterocycles. The van der Waals surface area contributed by atoms with Crippen LogP contribution in [0.1, 0.15) is 12.5 Å². The fourth-order valence-electron chi connectivity index (χ4n) is 1.84. The maximum atomic E-state index is 13.2. The van der Waals surface area contributed by atoms with Gasteiger partial charge in [0.25, 0.3) is 0 Å². The number of hydrogen-bond acceptors (Lipinski definition) is 2. The van der Waals surface area contributed by atoms with Crippen molar-refractivity contribution in [1.82, 2.24) is 0 Å². The first-order valence-corrected chi connectivity index (χ1v) is 6.92. The lowest BCUT2D eigenvalue weighted by molar-refractivity contribution is -0.116. The van der Waals surface area contributed by atoms with Crippen LogP contribution in [0, 0.1) is 12.7 Å². The van der Waals surface area contributed by atoms with E-state index in [0.29, 0.717) is 5.69 Å². The van der Waals surface area contributed by atoms with E-state index in [4.69, 9.17) is 11.6 Å². The Morgan fingerprint density at radius 1 is 1.14 bits per heavy atom. The van der Waals surface area contributed by atoms with Crippen LogP contribution < -0.4 is 10.6 Å². The Morgan fingerprint density at radius 2 is 1.81 bits per heavy atom. The van der Waals surface area contributed by atoms with Crippen molar-refractivity contribution in [1.29, 1.82) is 0 Å². The van der Waals surface area contributed by atoms with Gasteiger partial charge in [-0.1, -0.05) is 29.3 Å². The van der Waals surface area contributed by atoms with E-state index in [9.17, 15) is 9.18 Å². The molecule has 1 amide bonds. The fraction of sp³-hybridized carbons (Fsp3) is 0.188. The van der Waals surface area contributed by atoms with Crippen LogP contribution in [0.5, 0.6) is 0 Å². The van der Waals surface area contributed by atoms with E-state index >= 15 is 0 Å². The second kappa shape index (κ2) is 6.59. The molecule has 0 saturated heterocycles. The summed E-state index contributed by atoms with van der Waals surface area (Å²) in [4.78, 5) is 12.1. The van der Waals surface area contributed by atoms with Gasteiger partial charge >= 0.3 is 0 Å². The van der Waals surface area contributed by atoms with E-state index in [1.807, 2.05) is 31.2 Å². The highest BCUT2D eigenvalue weighted by Crippen LogP contribution is 2.19. The molecule has 2 aromatic rings. The molecule has 110 valence electrons. The molecule has 5 heteroatoms. The Balaban J connectivity index is 2.00. The monoisotopic (exact) mass is 306 g/mol. The van der Waals surface area contributed by atoms with Crippen LogP contribution >= 0.6 is 11.6 Å². The van der Waals surface area contributed by atoms with Gasteiger partial charge in [0.2, 0.25) is 5.91 Å². The van der Waals surface area contributed by atoms with Gasteiger partial charge in [0.15, 0.2) is 0 Å². The number of amides is 1. The number of hydrogen-bond donors (Lipinski definition) is 2. The molecule has 0 aliphatic heterocycles. The predicted octanol–water partition coefficient (Wildman–Crippen LogP) is 4.23. The molecule has 0 spiro atoms. The SMILES string of the molecule is Cc1ccc(NC(=O)C(C)Nc2cc(F)cc(Cl)c2)cc1. The molecule has 0 bridgehead atoms. The lowest BCUT2D eigenvalue weighted by Gasteiger charge is -2.15. The van der Waals surface area contributed by atoms with E-state index in [2.05, 4.69) is 10.6 Å². The number of anilines is 2. The first-order valence-electron chi connectivity index (χ1n) is 6.54. The Bertz CT molecular complexity index is 623. The van der Waals surface area contributed by atoms with Gasteiger partial charge in [-0.25, -0.2) is 4.39 Å². The van der Waals surface area contributed by atoms with Gasteiger partial charge < -0.3 is 10.6 Å². The summed E-state index contributed by atoms with van der Waals surface area (Å²) in [6.07, 6.45) is 0. The Morgan fingerprint density at radius 3 is 2.43 bits per heavy atom. The Labute approximate surface area is 128 Å². The van der Waals surface area contributed by atoms with E-state index in [1.165, 1.54) is 12.1 Å². The Kier molecular flexibility index (Phi) is 4.81. The number of aryl methyl sites for hydroxylation is 1. The minimum absolute atomic E-state index is 0.209. The molecule has 0 aliphatic carbocycles. The number of halogens is 2. The standard InChI is InChI=1S/C16H16ClFN2O/c1-10-3-5-14(6-4-10)20-16(21)11(2)19-15-8-12(17)7-13(18)9-15/h3-9,11,19H,1-2H3,(H,20,21). The summed E-state index contributed by atoms with van der Waals surface area (Å²) in [5, 5.41) is 5.99. The zero-order valence-electron chi connectivity index (χ0n) is 11.8. The van der Waals surface area contributed by atoms with Gasteiger partial charge in [0.05, 0.1) is 0 Å². The summed E-state index contributed by atoms with van der Waals surface area (Å²) in [6, 6.07) is 11.0. The van der Waals surface area contributed by atoms with Gasteiger partial charge in [-0.3, -0.25) is 4.79 Å². The quantitative estimate of drug-likeness (QED) is 0.887. The molecule has 3 nitrogen and oxygen atoms in total. The molecule has 0 saturated carbocycles. The molecule has 0 radical (unpaired) electrons. The third-order valence-electron chi connectivity index (χ3n) is 2.96. The molecule has 0 fully saturated rings. The van der Waals surface area contributed by atoms with Gasteiger partial charge in [0, 0.05) is 16.4 Å². The smallest absolute Gasteiger partial charge is 0.246 e. The van der Waals surface area contributed by atoms with Gasteiger partial charge in [-0.2, -0.15) is 0 Å². The molecule has 2 rings (SSSR count). The van der Waals surface area contributed by atoms with Crippen molar-refractivity contribution in [2.24, 2.45) is 0 Å². The van der Waals surface area contributed by atoms with Crippen molar-refractivity contribution >= 4 is 28.9 Å². The molecular formula is C16H16ClFN2O. The van der Waals surface area contributed by atoms with Crippen molar-refractivity contribution in [3.8, 4) is 0 Å². The summed E-state index contributed by atoms with van der Waals surface area (Å²) in [7, 11) is 0. The lowest BCUT2D eigenvalue weighted by atomic mass is 10.2. The highest BCUT2D eigenvalue weighted by atomic mass is 35.5. The third-order valence-corrected chi connectivity index (χ3v) is 3.18. The van der Waals surface area contributed by atoms with Gasteiger partial charge in [-0.15, -0.1) is 0 Å². The van der Waals surface area contributed by atoms with Crippen LogP contribution in [-0.2, 0) is 4.79 Å². The van der Waals surface area contributed by atoms with Crippen LogP contribution in [0.2, 0.25) is 5.02 Å². The van der Waals surface area contributed by atoms with Crippen molar-refractivity contribution in [3.63, 3.8) is 0 Å². The number of carbonyl (C=O) groups is 1. The fourth-order valence-corrected chi connectivity index (χ4v) is 2.06. The van der Waals surface area contributed by atoms with E-state index in [1.54, 1.807) is 13.0 Å². The zero-order chi connectivity index (χ0) is 15.4. The summed E-state index contributed by atoms with van der Waals surface area (Å²) >= 11 is 5.78. The molecular weight excluding hydrogens is 291 g/mol. The summed E-state index contributed by atoms with van der Waals surface area (Å²) in [6.45, 7) is 3.67. The number of benzene rings is 2. The average Bonchev–Trinajstić information content (AvgIpc) is 2.40. The highest BCUT2D eigenvalue weighted by molar-refractivity contribution is 6.30. The number of carbonyl (C=O) groups excluding carboxylic acids is 1. The number of rotatable bonds is 4. The van der Waals surface area contributed by atoms with Crippen LogP contribution in [0.4, 0.5) is 15.8 Å². The van der Waals surface area contributed by atoms with Crippen molar-refractivity contribution in [2.75, 3.05) is 10.6 Å². The van der Waals surface area contributed by atoms with Crippen LogP contribution in [0.3, 0.4) is 0 Å². The first-order chi connectivity index (χ1) is 9.94. The zero-order valence-corrected chi connectivity index (χ0v) is 12.5. The molecule has 1 unspecified atom stereocenters. The summed E-state index contributed by atoms with van der Waals surface area (Å²) in [5.74, 6) is -0.657. The average molecular weight is 307 g/mol. The summed E-state index contributed by atoms with van der Waals surface area (Å²) in [5.41, 5.74) is 2.30. The second-order valence-corrected chi connectivity index (χ2v) is 5.32. The van der Waals surface area contributed by atoms with Crippen LogP contribution in [0.15, 0.2) is 42.5 Å². The molecule has 1 atom stereocenters. The molecule has 21 heavy (non-hydrogen) atoms. The summed E-state index contributed by atoms with van der Waals surface area (Å²) < 4.78 is 13.2. The van der Waals surface area contributed by atoms with Crippen molar-refractivity contribution in [2.45, 2.75) is 19.9 Å². The predicted molar refractivity (Wildman–Crippen MR) is 84.3 cm³/mol. The normalized spacial score (nSPS) is 11.8. The van der Waals surface area contributed by atoms with Crippen molar-refractivity contribution in [3.05, 3.63) is 58.9 Å². The highest BCUT2D eigenvalue weighted by Gasteiger charge is 2.13. The van der Waals surface area contributed by atoms with E-state index in [0.717, 1.165) is 11.3 Å². The molecule has 0 aliphatic rings. The third kappa shape index (κ3) is 4.46. The van der Waals surface area contributed by atoms with Crippen molar-refractivity contribution < 1.29 is 9.18 Å². The van der Waals surface area contributed by atoms with E-state index < -0.39 is 11.9 Å². The largest absolute Gasteiger partial charge is 0.374 e. The van der Waals surface area contributed by atoms with Crippen LogP contribution in [-0.4, -0.2) is 11.9 Å². The lowest BCUT2D eigenvalue weighted by Crippen LogP contribution is -2.31.